The number of nitro benzene ring substituents is 1. The Labute approximate surface area is 217 Å². The molecule has 0 saturated carbocycles. The summed E-state index contributed by atoms with van der Waals surface area (Å²) in [5.41, 5.74) is 4.37. The second-order valence-corrected chi connectivity index (χ2v) is 8.57. The molecule has 0 saturated heterocycles. The van der Waals surface area contributed by atoms with Gasteiger partial charge in [0.15, 0.2) is 0 Å². The molecule has 0 aliphatic carbocycles. The van der Waals surface area contributed by atoms with Crippen LogP contribution >= 0.6 is 11.6 Å². The average Bonchev–Trinajstić information content (AvgIpc) is 2.93. The van der Waals surface area contributed by atoms with Gasteiger partial charge in [-0.1, -0.05) is 84.4 Å². The van der Waals surface area contributed by atoms with Crippen LogP contribution in [0.5, 0.6) is 0 Å². The molecule has 0 aromatic heterocycles. The molecule has 0 aliphatic heterocycles. The summed E-state index contributed by atoms with van der Waals surface area (Å²) in [6, 6.07) is 34.5. The first-order valence-corrected chi connectivity index (χ1v) is 12.0. The van der Waals surface area contributed by atoms with E-state index >= 15 is 0 Å². The van der Waals surface area contributed by atoms with Crippen LogP contribution in [-0.2, 0) is 0 Å². The molecule has 0 N–H and O–H groups in total. The predicted octanol–water partition coefficient (Wildman–Crippen LogP) is 8.30. The topological polar surface area (TPSA) is 67.9 Å². The van der Waals surface area contributed by atoms with E-state index in [2.05, 4.69) is 29.0 Å². The lowest BCUT2D eigenvalue weighted by molar-refractivity contribution is -0.384. The number of aliphatic imine (C=N–C) groups is 2. The third-order valence-corrected chi connectivity index (χ3v) is 5.68. The third kappa shape index (κ3) is 8.60. The van der Waals surface area contributed by atoms with Crippen molar-refractivity contribution < 1.29 is 4.92 Å². The smallest absolute Gasteiger partial charge is 0.269 e. The molecule has 0 aliphatic rings. The van der Waals surface area contributed by atoms with Gasteiger partial charge in [0.1, 0.15) is 0 Å². The van der Waals surface area contributed by atoms with E-state index in [1.807, 2.05) is 85.9 Å². The van der Waals surface area contributed by atoms with E-state index in [9.17, 15) is 10.1 Å². The number of nitrogens with zero attached hydrogens (tertiary/aromatic N) is 3. The molecule has 0 unspecified atom stereocenters. The summed E-state index contributed by atoms with van der Waals surface area (Å²) in [5, 5.41) is 11.3. The van der Waals surface area contributed by atoms with Gasteiger partial charge in [0, 0.05) is 29.6 Å². The monoisotopic (exact) mass is 497 g/mol. The second kappa shape index (κ2) is 13.7. The van der Waals surface area contributed by atoms with Crippen LogP contribution in [0.15, 0.2) is 119 Å². The molecule has 4 aromatic rings. The van der Waals surface area contributed by atoms with Gasteiger partial charge in [-0.2, -0.15) is 0 Å². The molecule has 4 rings (SSSR count). The van der Waals surface area contributed by atoms with Crippen LogP contribution in [0.3, 0.4) is 0 Å². The number of benzene rings is 4. The van der Waals surface area contributed by atoms with Crippen molar-refractivity contribution in [2.24, 2.45) is 9.98 Å². The van der Waals surface area contributed by atoms with Gasteiger partial charge in [-0.05, 0) is 60.4 Å². The summed E-state index contributed by atoms with van der Waals surface area (Å²) < 4.78 is 0. The molecular formula is C30H28ClN3O2. The highest BCUT2D eigenvalue weighted by Gasteiger charge is 2.04. The first kappa shape index (κ1) is 26.5. The summed E-state index contributed by atoms with van der Waals surface area (Å²) in [4.78, 5) is 19.1. The Kier molecular flexibility index (Phi) is 10.1. The van der Waals surface area contributed by atoms with E-state index in [-0.39, 0.29) is 17.8 Å². The second-order valence-electron chi connectivity index (χ2n) is 8.13. The summed E-state index contributed by atoms with van der Waals surface area (Å²) in [6.07, 6.45) is 3.62. The molecule has 0 fully saturated rings. The Hall–Kier alpha value is -4.09. The number of hydrogen-bond donors (Lipinski definition) is 0. The Balaban J connectivity index is 0.000000202. The maximum atomic E-state index is 10.5. The Morgan fingerprint density at radius 1 is 0.667 bits per heavy atom. The van der Waals surface area contributed by atoms with Crippen LogP contribution in [-0.4, -0.2) is 17.4 Å². The Morgan fingerprint density at radius 2 is 1.06 bits per heavy atom. The molecule has 182 valence electrons. The third-order valence-electron chi connectivity index (χ3n) is 5.43. The van der Waals surface area contributed by atoms with E-state index in [0.29, 0.717) is 0 Å². The van der Waals surface area contributed by atoms with E-state index < -0.39 is 4.92 Å². The van der Waals surface area contributed by atoms with Gasteiger partial charge >= 0.3 is 0 Å². The van der Waals surface area contributed by atoms with Crippen molar-refractivity contribution in [2.45, 2.75) is 25.9 Å². The van der Waals surface area contributed by atoms with Crippen molar-refractivity contribution in [2.75, 3.05) is 0 Å². The normalized spacial score (nSPS) is 12.6. The predicted molar refractivity (Wildman–Crippen MR) is 149 cm³/mol. The minimum Gasteiger partial charge on any atom is -0.285 e. The number of non-ortho nitro benzene ring substituents is 1. The average molecular weight is 498 g/mol. The number of hydrogen-bond acceptors (Lipinski definition) is 4. The minimum absolute atomic E-state index is 0.0661. The molecule has 0 radical (unpaired) electrons. The molecular weight excluding hydrogens is 470 g/mol. The summed E-state index contributed by atoms with van der Waals surface area (Å²) in [6.45, 7) is 4.10. The van der Waals surface area contributed by atoms with Gasteiger partial charge in [-0.15, -0.1) is 0 Å². The van der Waals surface area contributed by atoms with E-state index in [1.54, 1.807) is 18.3 Å². The SMILES string of the molecule is C[C@H](N=Cc1ccc(Cl)cc1)c1ccccc1.C[C@H](N=Cc1ccc([N+](=O)[O-])cc1)c1ccccc1. The van der Waals surface area contributed by atoms with E-state index in [0.717, 1.165) is 21.7 Å². The van der Waals surface area contributed by atoms with Crippen LogP contribution in [0.2, 0.25) is 5.02 Å². The first-order valence-electron chi connectivity index (χ1n) is 11.6. The molecule has 0 heterocycles. The van der Waals surface area contributed by atoms with Crippen molar-refractivity contribution >= 4 is 29.7 Å². The first-order chi connectivity index (χ1) is 17.4. The van der Waals surface area contributed by atoms with Gasteiger partial charge in [-0.3, -0.25) is 20.1 Å². The van der Waals surface area contributed by atoms with Gasteiger partial charge in [0.05, 0.1) is 17.0 Å². The standard InChI is InChI=1S/C15H14ClN.C15H14N2O2/c1-12(14-5-3-2-4-6-14)17-11-13-7-9-15(16)10-8-13;1-12(14-5-3-2-4-6-14)16-11-13-7-9-15(10-8-13)17(18)19/h2-12H,1H3;2-12H,1H3/t2*12-/m00/s1. The summed E-state index contributed by atoms with van der Waals surface area (Å²) in [5.74, 6) is 0. The number of rotatable bonds is 7. The zero-order chi connectivity index (χ0) is 25.8. The molecule has 36 heavy (non-hydrogen) atoms. The molecule has 0 bridgehead atoms. The largest absolute Gasteiger partial charge is 0.285 e. The maximum absolute atomic E-state index is 10.5. The van der Waals surface area contributed by atoms with Crippen LogP contribution in [0.25, 0.3) is 0 Å². The van der Waals surface area contributed by atoms with E-state index in [4.69, 9.17) is 11.6 Å². The molecule has 6 heteroatoms. The molecule has 5 nitrogen and oxygen atoms in total. The number of halogens is 1. The highest BCUT2D eigenvalue weighted by Crippen LogP contribution is 2.17. The Morgan fingerprint density at radius 3 is 1.44 bits per heavy atom. The van der Waals surface area contributed by atoms with Crippen molar-refractivity contribution in [3.05, 3.63) is 147 Å². The molecule has 0 spiro atoms. The lowest BCUT2D eigenvalue weighted by atomic mass is 10.1. The highest BCUT2D eigenvalue weighted by atomic mass is 35.5. The lowest BCUT2D eigenvalue weighted by Crippen LogP contribution is -1.91. The van der Waals surface area contributed by atoms with Crippen LogP contribution in [0, 0.1) is 10.1 Å². The Bertz CT molecular complexity index is 1270. The highest BCUT2D eigenvalue weighted by molar-refractivity contribution is 6.30. The molecule has 4 aromatic carbocycles. The zero-order valence-electron chi connectivity index (χ0n) is 20.2. The van der Waals surface area contributed by atoms with Crippen molar-refractivity contribution in [3.63, 3.8) is 0 Å². The fourth-order valence-electron chi connectivity index (χ4n) is 3.26. The summed E-state index contributed by atoms with van der Waals surface area (Å²) >= 11 is 5.83. The molecule has 0 amide bonds. The fraction of sp³-hybridized carbons (Fsp3) is 0.133. The fourth-order valence-corrected chi connectivity index (χ4v) is 3.39. The van der Waals surface area contributed by atoms with Crippen LogP contribution in [0.1, 0.15) is 48.2 Å². The van der Waals surface area contributed by atoms with Gasteiger partial charge in [0.2, 0.25) is 0 Å². The van der Waals surface area contributed by atoms with Gasteiger partial charge in [-0.25, -0.2) is 0 Å². The van der Waals surface area contributed by atoms with Crippen molar-refractivity contribution in [1.29, 1.82) is 0 Å². The maximum Gasteiger partial charge on any atom is 0.269 e. The number of nitro groups is 1. The lowest BCUT2D eigenvalue weighted by Gasteiger charge is -2.05. The zero-order valence-corrected chi connectivity index (χ0v) is 21.0. The van der Waals surface area contributed by atoms with Crippen LogP contribution < -0.4 is 0 Å². The minimum atomic E-state index is -0.409. The van der Waals surface area contributed by atoms with Crippen molar-refractivity contribution in [3.8, 4) is 0 Å². The molecule has 2 atom stereocenters. The van der Waals surface area contributed by atoms with Crippen LogP contribution in [0.4, 0.5) is 5.69 Å². The summed E-state index contributed by atoms with van der Waals surface area (Å²) in [7, 11) is 0. The quantitative estimate of drug-likeness (QED) is 0.146. The van der Waals surface area contributed by atoms with Gasteiger partial charge < -0.3 is 0 Å². The van der Waals surface area contributed by atoms with Crippen molar-refractivity contribution in [1.82, 2.24) is 0 Å². The van der Waals surface area contributed by atoms with Gasteiger partial charge in [0.25, 0.3) is 5.69 Å². The van der Waals surface area contributed by atoms with E-state index in [1.165, 1.54) is 17.7 Å².